The van der Waals surface area contributed by atoms with Crippen molar-refractivity contribution in [2.24, 2.45) is 0 Å². The van der Waals surface area contributed by atoms with E-state index in [0.717, 1.165) is 10.0 Å². The smallest absolute Gasteiger partial charge is 0.142 e. The molecule has 106 valence electrons. The lowest BCUT2D eigenvalue weighted by Gasteiger charge is -2.21. The topological polar surface area (TPSA) is 12.0 Å². The molecule has 0 aliphatic carbocycles. The predicted octanol–water partition coefficient (Wildman–Crippen LogP) is 5.65. The summed E-state index contributed by atoms with van der Waals surface area (Å²) in [5, 5.41) is 3.61. The van der Waals surface area contributed by atoms with Crippen LogP contribution in [0.25, 0.3) is 0 Å². The van der Waals surface area contributed by atoms with E-state index in [4.69, 9.17) is 11.6 Å². The summed E-state index contributed by atoms with van der Waals surface area (Å²) < 4.78 is 14.5. The van der Waals surface area contributed by atoms with Gasteiger partial charge in [-0.05, 0) is 49.2 Å². The van der Waals surface area contributed by atoms with Crippen LogP contribution in [-0.2, 0) is 0 Å². The van der Waals surface area contributed by atoms with Crippen LogP contribution in [0.3, 0.4) is 0 Å². The monoisotopic (exact) mass is 355 g/mol. The Hall–Kier alpha value is -0.900. The summed E-state index contributed by atoms with van der Waals surface area (Å²) in [5.74, 6) is -0.382. The van der Waals surface area contributed by atoms with Gasteiger partial charge in [0.15, 0.2) is 0 Å². The molecular weight excluding hydrogens is 341 g/mol. The Morgan fingerprint density at radius 2 is 1.70 bits per heavy atom. The molecule has 4 heteroatoms. The zero-order valence-corrected chi connectivity index (χ0v) is 13.7. The van der Waals surface area contributed by atoms with E-state index in [-0.39, 0.29) is 22.9 Å². The molecule has 2 aromatic carbocycles. The highest BCUT2D eigenvalue weighted by molar-refractivity contribution is 9.10. The molecule has 1 nitrogen and oxygen atoms in total. The Morgan fingerprint density at radius 1 is 1.05 bits per heavy atom. The van der Waals surface area contributed by atoms with E-state index in [1.54, 1.807) is 6.07 Å². The maximum absolute atomic E-state index is 13.5. The molecule has 0 radical (unpaired) electrons. The van der Waals surface area contributed by atoms with Gasteiger partial charge in [0.2, 0.25) is 0 Å². The SMILES string of the molecule is CC(N[C@H](C)c1cccc(Br)c1)c1ccc(Cl)c(F)c1. The maximum atomic E-state index is 13.5. The highest BCUT2D eigenvalue weighted by Gasteiger charge is 2.12. The molecule has 0 spiro atoms. The zero-order valence-electron chi connectivity index (χ0n) is 11.3. The van der Waals surface area contributed by atoms with Crippen LogP contribution in [0.5, 0.6) is 0 Å². The standard InChI is InChI=1S/C16H16BrClFN/c1-10(12-4-3-5-14(17)8-12)20-11(2)13-6-7-15(18)16(19)9-13/h3-11,20H,1-2H3/t10-,11?/m1/s1. The average molecular weight is 357 g/mol. The first-order chi connectivity index (χ1) is 9.47. The van der Waals surface area contributed by atoms with Gasteiger partial charge < -0.3 is 5.32 Å². The van der Waals surface area contributed by atoms with Crippen molar-refractivity contribution in [2.45, 2.75) is 25.9 Å². The summed E-state index contributed by atoms with van der Waals surface area (Å²) >= 11 is 9.17. The second-order valence-corrected chi connectivity index (χ2v) is 6.16. The summed E-state index contributed by atoms with van der Waals surface area (Å²) in [6.45, 7) is 4.10. The highest BCUT2D eigenvalue weighted by Crippen LogP contribution is 2.24. The first kappa shape index (κ1) is 15.5. The Morgan fingerprint density at radius 3 is 2.30 bits per heavy atom. The molecule has 0 aromatic heterocycles. The number of hydrogen-bond donors (Lipinski definition) is 1. The predicted molar refractivity (Wildman–Crippen MR) is 85.5 cm³/mol. The maximum Gasteiger partial charge on any atom is 0.142 e. The fraction of sp³-hybridized carbons (Fsp3) is 0.250. The van der Waals surface area contributed by atoms with Crippen molar-refractivity contribution in [1.82, 2.24) is 5.32 Å². The summed E-state index contributed by atoms with van der Waals surface area (Å²) in [4.78, 5) is 0. The lowest BCUT2D eigenvalue weighted by molar-refractivity contribution is 0.492. The molecule has 0 heterocycles. The van der Waals surface area contributed by atoms with E-state index in [1.165, 1.54) is 11.6 Å². The van der Waals surface area contributed by atoms with Crippen LogP contribution in [0.2, 0.25) is 5.02 Å². The fourth-order valence-electron chi connectivity index (χ4n) is 2.13. The average Bonchev–Trinajstić information content (AvgIpc) is 2.41. The van der Waals surface area contributed by atoms with Gasteiger partial charge in [-0.15, -0.1) is 0 Å². The molecule has 0 fully saturated rings. The summed E-state index contributed by atoms with van der Waals surface area (Å²) in [5.41, 5.74) is 2.06. The van der Waals surface area contributed by atoms with Crippen LogP contribution in [0.4, 0.5) is 4.39 Å². The van der Waals surface area contributed by atoms with Crippen LogP contribution in [0, 0.1) is 5.82 Å². The van der Waals surface area contributed by atoms with Gasteiger partial charge in [-0.25, -0.2) is 4.39 Å². The molecule has 0 aliphatic rings. The molecule has 1 N–H and O–H groups in total. The Kier molecular flexibility index (Phi) is 5.19. The summed E-state index contributed by atoms with van der Waals surface area (Å²) in [6.07, 6.45) is 0. The molecule has 0 aliphatic heterocycles. The number of halogens is 3. The first-order valence-corrected chi connectivity index (χ1v) is 7.61. The minimum absolute atomic E-state index is 0.0377. The summed E-state index contributed by atoms with van der Waals surface area (Å²) in [7, 11) is 0. The highest BCUT2D eigenvalue weighted by atomic mass is 79.9. The molecule has 1 unspecified atom stereocenters. The van der Waals surface area contributed by atoms with E-state index < -0.39 is 0 Å². The van der Waals surface area contributed by atoms with Crippen LogP contribution < -0.4 is 5.32 Å². The van der Waals surface area contributed by atoms with E-state index in [0.29, 0.717) is 0 Å². The van der Waals surface area contributed by atoms with Crippen molar-refractivity contribution in [3.63, 3.8) is 0 Å². The third-order valence-corrected chi connectivity index (χ3v) is 4.09. The van der Waals surface area contributed by atoms with Crippen molar-refractivity contribution in [3.8, 4) is 0 Å². The van der Waals surface area contributed by atoms with Gasteiger partial charge in [-0.1, -0.05) is 45.7 Å². The second kappa shape index (κ2) is 6.70. The van der Waals surface area contributed by atoms with Gasteiger partial charge in [0.05, 0.1) is 5.02 Å². The van der Waals surface area contributed by atoms with Gasteiger partial charge >= 0.3 is 0 Å². The van der Waals surface area contributed by atoms with E-state index in [1.807, 2.05) is 25.1 Å². The van der Waals surface area contributed by atoms with Gasteiger partial charge in [0.1, 0.15) is 5.82 Å². The molecule has 2 rings (SSSR count). The van der Waals surface area contributed by atoms with Crippen molar-refractivity contribution < 1.29 is 4.39 Å². The molecular formula is C16H16BrClFN. The Labute approximate surface area is 132 Å². The Bertz CT molecular complexity index is 603. The molecule has 20 heavy (non-hydrogen) atoms. The third-order valence-electron chi connectivity index (χ3n) is 3.29. The number of rotatable bonds is 4. The van der Waals surface area contributed by atoms with Gasteiger partial charge in [0, 0.05) is 16.6 Å². The first-order valence-electron chi connectivity index (χ1n) is 6.44. The minimum Gasteiger partial charge on any atom is -0.304 e. The van der Waals surface area contributed by atoms with E-state index in [2.05, 4.69) is 40.3 Å². The van der Waals surface area contributed by atoms with Crippen molar-refractivity contribution >= 4 is 27.5 Å². The second-order valence-electron chi connectivity index (χ2n) is 4.84. The molecule has 0 saturated heterocycles. The van der Waals surface area contributed by atoms with Crippen molar-refractivity contribution in [1.29, 1.82) is 0 Å². The van der Waals surface area contributed by atoms with E-state index >= 15 is 0 Å². The Balaban J connectivity index is 2.10. The fourth-order valence-corrected chi connectivity index (χ4v) is 2.66. The molecule has 0 saturated carbocycles. The number of hydrogen-bond acceptors (Lipinski definition) is 1. The molecule has 0 bridgehead atoms. The minimum atomic E-state index is -0.382. The van der Waals surface area contributed by atoms with Crippen molar-refractivity contribution in [2.75, 3.05) is 0 Å². The number of benzene rings is 2. The summed E-state index contributed by atoms with van der Waals surface area (Å²) in [6, 6.07) is 13.3. The van der Waals surface area contributed by atoms with Crippen LogP contribution >= 0.6 is 27.5 Å². The lowest BCUT2D eigenvalue weighted by Crippen LogP contribution is -2.22. The molecule has 2 aromatic rings. The molecule has 2 atom stereocenters. The zero-order chi connectivity index (χ0) is 14.7. The van der Waals surface area contributed by atoms with Crippen LogP contribution in [0.15, 0.2) is 46.9 Å². The third kappa shape index (κ3) is 3.81. The van der Waals surface area contributed by atoms with Gasteiger partial charge in [-0.3, -0.25) is 0 Å². The van der Waals surface area contributed by atoms with Crippen LogP contribution in [-0.4, -0.2) is 0 Å². The van der Waals surface area contributed by atoms with Crippen LogP contribution in [0.1, 0.15) is 37.1 Å². The largest absolute Gasteiger partial charge is 0.304 e. The lowest BCUT2D eigenvalue weighted by atomic mass is 10.0. The van der Waals surface area contributed by atoms with Crippen molar-refractivity contribution in [3.05, 3.63) is 68.9 Å². The van der Waals surface area contributed by atoms with Gasteiger partial charge in [-0.2, -0.15) is 0 Å². The number of nitrogens with one attached hydrogen (secondary N) is 1. The van der Waals surface area contributed by atoms with Gasteiger partial charge in [0.25, 0.3) is 0 Å². The quantitative estimate of drug-likeness (QED) is 0.746. The molecule has 0 amide bonds. The van der Waals surface area contributed by atoms with E-state index in [9.17, 15) is 4.39 Å². The normalized spacial score (nSPS) is 14.1.